The van der Waals surface area contributed by atoms with Gasteiger partial charge in [0.1, 0.15) is 5.82 Å². The highest BCUT2D eigenvalue weighted by molar-refractivity contribution is 8.00. The van der Waals surface area contributed by atoms with Gasteiger partial charge in [0, 0.05) is 47.2 Å². The fourth-order valence-corrected chi connectivity index (χ4v) is 4.51. The molecule has 1 saturated heterocycles. The Kier molecular flexibility index (Phi) is 6.18. The molecule has 2 heterocycles. The number of halogens is 4. The maximum Gasteiger partial charge on any atom is 0.446 e. The maximum absolute atomic E-state index is 13.4. The van der Waals surface area contributed by atoms with Crippen LogP contribution in [0.4, 0.5) is 23.2 Å². The molecule has 168 valence electrons. The van der Waals surface area contributed by atoms with Crippen molar-refractivity contribution in [3.05, 3.63) is 78.4 Å². The van der Waals surface area contributed by atoms with Crippen LogP contribution in [0.25, 0.3) is 11.1 Å². The quantitative estimate of drug-likeness (QED) is 0.317. The Bertz CT molecular complexity index is 1070. The predicted molar refractivity (Wildman–Crippen MR) is 120 cm³/mol. The highest BCUT2D eigenvalue weighted by atomic mass is 32.2. The summed E-state index contributed by atoms with van der Waals surface area (Å²) in [6.45, 7) is 6.36. The molecule has 2 aromatic carbocycles. The molecule has 8 heteroatoms. The number of hydrogen-bond donors (Lipinski definition) is 0. The van der Waals surface area contributed by atoms with Gasteiger partial charge in [-0.2, -0.15) is 13.2 Å². The first-order valence-electron chi connectivity index (χ1n) is 10.2. The van der Waals surface area contributed by atoms with Crippen molar-refractivity contribution in [2.45, 2.75) is 36.3 Å². The van der Waals surface area contributed by atoms with E-state index in [0.29, 0.717) is 13.2 Å². The largest absolute Gasteiger partial charge is 0.446 e. The molecule has 0 amide bonds. The topological polar surface area (TPSA) is 19.4 Å². The van der Waals surface area contributed by atoms with Gasteiger partial charge in [0.2, 0.25) is 0 Å². The predicted octanol–water partition coefficient (Wildman–Crippen LogP) is 6.56. The molecule has 3 nitrogen and oxygen atoms in total. The van der Waals surface area contributed by atoms with E-state index in [1.54, 1.807) is 36.7 Å². The Morgan fingerprint density at radius 2 is 1.69 bits per heavy atom. The minimum atomic E-state index is -4.29. The monoisotopic (exact) mass is 461 g/mol. The number of anilines is 1. The van der Waals surface area contributed by atoms with Gasteiger partial charge in [-0.15, -0.1) is 0 Å². The molecular formula is C24H23F4N3S. The number of hydrogen-bond acceptors (Lipinski definition) is 4. The molecule has 1 fully saturated rings. The molecular weight excluding hydrogens is 438 g/mol. The van der Waals surface area contributed by atoms with Gasteiger partial charge in [-0.05, 0) is 79.2 Å². The van der Waals surface area contributed by atoms with Crippen molar-refractivity contribution in [2.24, 2.45) is 0 Å². The lowest BCUT2D eigenvalue weighted by Gasteiger charge is -2.30. The van der Waals surface area contributed by atoms with Gasteiger partial charge in [-0.3, -0.25) is 9.88 Å². The molecule has 1 aromatic heterocycles. The lowest BCUT2D eigenvalue weighted by Crippen LogP contribution is -2.39. The smallest absolute Gasteiger partial charge is 0.357 e. The second kappa shape index (κ2) is 8.75. The highest BCUT2D eigenvalue weighted by Crippen LogP contribution is 2.38. The molecule has 0 unspecified atom stereocenters. The molecule has 4 rings (SSSR count). The summed E-state index contributed by atoms with van der Waals surface area (Å²) in [5.74, 6) is -0.282. The number of benzene rings is 2. The molecule has 0 saturated carbocycles. The molecule has 1 aliphatic heterocycles. The van der Waals surface area contributed by atoms with Crippen molar-refractivity contribution in [2.75, 3.05) is 18.1 Å². The summed E-state index contributed by atoms with van der Waals surface area (Å²) >= 11 is -0.104. The molecule has 0 bridgehead atoms. The van der Waals surface area contributed by atoms with Gasteiger partial charge in [-0.25, -0.2) is 4.39 Å². The molecule has 3 aromatic rings. The van der Waals surface area contributed by atoms with Gasteiger partial charge < -0.3 is 4.90 Å². The molecule has 0 N–H and O–H groups in total. The average molecular weight is 462 g/mol. The van der Waals surface area contributed by atoms with E-state index >= 15 is 0 Å². The fourth-order valence-electron chi connectivity index (χ4n) is 3.97. The van der Waals surface area contributed by atoms with Crippen LogP contribution in [-0.2, 0) is 6.54 Å². The van der Waals surface area contributed by atoms with E-state index in [4.69, 9.17) is 0 Å². The normalized spacial score (nSPS) is 16.5. The van der Waals surface area contributed by atoms with E-state index in [-0.39, 0.29) is 28.0 Å². The number of rotatable bonds is 5. The van der Waals surface area contributed by atoms with Crippen molar-refractivity contribution in [3.63, 3.8) is 0 Å². The lowest BCUT2D eigenvalue weighted by atomic mass is 9.99. The zero-order valence-electron chi connectivity index (χ0n) is 17.7. The van der Waals surface area contributed by atoms with Crippen LogP contribution >= 0.6 is 11.8 Å². The zero-order chi connectivity index (χ0) is 22.9. The number of alkyl halides is 3. The second-order valence-electron chi connectivity index (χ2n) is 8.43. The minimum Gasteiger partial charge on any atom is -0.357 e. The summed E-state index contributed by atoms with van der Waals surface area (Å²) in [5, 5.41) is 0. The maximum atomic E-state index is 13.4. The Labute approximate surface area is 189 Å². The van der Waals surface area contributed by atoms with Crippen molar-refractivity contribution in [1.29, 1.82) is 0 Å². The fraction of sp³-hybridized carbons (Fsp3) is 0.292. The minimum absolute atomic E-state index is 0.104. The van der Waals surface area contributed by atoms with E-state index in [0.717, 1.165) is 28.9 Å². The number of thioether (sulfide) groups is 1. The molecule has 1 aliphatic rings. The van der Waals surface area contributed by atoms with Crippen molar-refractivity contribution < 1.29 is 17.6 Å². The number of nitrogens with zero attached hydrogens (tertiary/aromatic N) is 3. The van der Waals surface area contributed by atoms with Crippen LogP contribution in [0.15, 0.2) is 71.9 Å². The van der Waals surface area contributed by atoms with Gasteiger partial charge in [0.15, 0.2) is 0 Å². The molecule has 0 spiro atoms. The van der Waals surface area contributed by atoms with Crippen LogP contribution in [0.2, 0.25) is 0 Å². The third-order valence-electron chi connectivity index (χ3n) is 5.64. The van der Waals surface area contributed by atoms with Crippen LogP contribution in [0.5, 0.6) is 0 Å². The molecule has 0 aliphatic carbocycles. The first-order chi connectivity index (χ1) is 15.1. The summed E-state index contributed by atoms with van der Waals surface area (Å²) in [4.78, 5) is 8.92. The van der Waals surface area contributed by atoms with Crippen molar-refractivity contribution >= 4 is 17.4 Å². The number of pyridine rings is 1. The Balaban J connectivity index is 1.52. The first kappa shape index (κ1) is 22.6. The van der Waals surface area contributed by atoms with Crippen LogP contribution in [0.3, 0.4) is 0 Å². The third-order valence-corrected chi connectivity index (χ3v) is 6.38. The number of aromatic nitrogens is 1. The lowest BCUT2D eigenvalue weighted by molar-refractivity contribution is -0.0328. The molecule has 32 heavy (non-hydrogen) atoms. The zero-order valence-corrected chi connectivity index (χ0v) is 18.6. The average Bonchev–Trinajstić information content (AvgIpc) is 3.03. The van der Waals surface area contributed by atoms with Crippen molar-refractivity contribution in [3.8, 4) is 11.1 Å². The molecule has 0 atom stereocenters. The Hall–Kier alpha value is -2.58. The summed E-state index contributed by atoms with van der Waals surface area (Å²) in [7, 11) is 0. The highest BCUT2D eigenvalue weighted by Gasteiger charge is 2.37. The van der Waals surface area contributed by atoms with Gasteiger partial charge in [0.25, 0.3) is 0 Å². The van der Waals surface area contributed by atoms with Crippen LogP contribution < -0.4 is 4.90 Å². The summed E-state index contributed by atoms with van der Waals surface area (Å²) in [5.41, 5.74) is -0.612. The molecule has 0 radical (unpaired) electrons. The van der Waals surface area contributed by atoms with E-state index in [9.17, 15) is 17.6 Å². The van der Waals surface area contributed by atoms with Gasteiger partial charge >= 0.3 is 5.51 Å². The van der Waals surface area contributed by atoms with E-state index in [1.807, 2.05) is 6.07 Å². The standard InChI is InChI=1S/C24H23F4N3S/c1-23(2)15-30(20-7-9-21(10-8-20)32-24(26,27)28)16-31(23)14-18-11-12-29-13-22(18)17-3-5-19(25)6-4-17/h3-13H,14-16H2,1-2H3. The first-order valence-corrected chi connectivity index (χ1v) is 11.0. The van der Waals surface area contributed by atoms with E-state index < -0.39 is 5.51 Å². The van der Waals surface area contributed by atoms with E-state index in [2.05, 4.69) is 28.6 Å². The Morgan fingerprint density at radius 3 is 2.34 bits per heavy atom. The Morgan fingerprint density at radius 1 is 1.00 bits per heavy atom. The second-order valence-corrected chi connectivity index (χ2v) is 9.57. The van der Waals surface area contributed by atoms with Crippen molar-refractivity contribution in [1.82, 2.24) is 9.88 Å². The van der Waals surface area contributed by atoms with Crippen LogP contribution in [-0.4, -0.2) is 34.1 Å². The van der Waals surface area contributed by atoms with Gasteiger partial charge in [0.05, 0.1) is 6.67 Å². The summed E-state index contributed by atoms with van der Waals surface area (Å²) in [6.07, 6.45) is 3.54. The summed E-state index contributed by atoms with van der Waals surface area (Å²) in [6, 6.07) is 14.9. The summed E-state index contributed by atoms with van der Waals surface area (Å²) < 4.78 is 51.2. The van der Waals surface area contributed by atoms with E-state index in [1.165, 1.54) is 24.3 Å². The van der Waals surface area contributed by atoms with Crippen LogP contribution in [0.1, 0.15) is 19.4 Å². The van der Waals surface area contributed by atoms with Crippen LogP contribution in [0, 0.1) is 5.82 Å². The third kappa shape index (κ3) is 5.24. The van der Waals surface area contributed by atoms with Gasteiger partial charge in [-0.1, -0.05) is 12.1 Å². The SMILES string of the molecule is CC1(C)CN(c2ccc(SC(F)(F)F)cc2)CN1Cc1ccncc1-c1ccc(F)cc1.